The monoisotopic (exact) mass is 139 g/mol. The Bertz CT molecular complexity index is 145. The highest BCUT2D eigenvalue weighted by Gasteiger charge is 2.25. The fourth-order valence-electron chi connectivity index (χ4n) is 0.592. The smallest absolute Gasteiger partial charge is 0.152 e. The lowest BCUT2D eigenvalue weighted by Gasteiger charge is -2.25. The first-order chi connectivity index (χ1) is 4.41. The topological polar surface area (TPSA) is 19.9 Å². The summed E-state index contributed by atoms with van der Waals surface area (Å²) in [5, 5.41) is 10.8. The highest BCUT2D eigenvalue weighted by Crippen LogP contribution is 2.31. The van der Waals surface area contributed by atoms with Crippen molar-refractivity contribution < 1.29 is 5.11 Å². The maximum Gasteiger partial charge on any atom is 0.152 e. The van der Waals surface area contributed by atoms with Crippen LogP contribution in [0, 0.1) is 11.3 Å². The van der Waals surface area contributed by atoms with Gasteiger partial charge in [-0.15, -0.1) is 6.58 Å². The van der Waals surface area contributed by atoms with E-state index in [-0.39, 0.29) is 17.1 Å². The predicted molar refractivity (Wildman–Crippen MR) is 43.0 cm³/mol. The Kier molecular flexibility index (Phi) is 2.70. The zero-order valence-corrected chi connectivity index (χ0v) is 6.98. The Labute approximate surface area is 63.1 Å². The summed E-state index contributed by atoms with van der Waals surface area (Å²) in [6, 6.07) is 0. The van der Waals surface area contributed by atoms with Crippen LogP contribution in [0.5, 0.6) is 0 Å². The van der Waals surface area contributed by atoms with Crippen molar-refractivity contribution in [1.29, 1.82) is 0 Å². The van der Waals surface area contributed by atoms with Crippen LogP contribution in [0.3, 0.4) is 0 Å². The van der Waals surface area contributed by atoms with Gasteiger partial charge in [-0.1, -0.05) is 33.4 Å². The highest BCUT2D eigenvalue weighted by molar-refractivity contribution is 5.01. The van der Waals surface area contributed by atoms with Crippen LogP contribution < -0.4 is 0 Å². The van der Waals surface area contributed by atoms with E-state index in [2.05, 4.69) is 13.2 Å². The molecule has 0 saturated heterocycles. The fraction of sp³-hybridized carbons (Fsp3) is 0.556. The van der Waals surface area contributed by atoms with E-state index in [1.165, 1.54) is 0 Å². The van der Waals surface area contributed by atoms with Gasteiger partial charge in [0.05, 0.1) is 0 Å². The molecule has 0 rings (SSSR count). The van der Waals surface area contributed by atoms with Crippen molar-refractivity contribution in [3.63, 3.8) is 0 Å². The molecule has 0 fully saturated rings. The first-order valence-corrected chi connectivity index (χ1v) is 3.41. The maximum atomic E-state index is 10.8. The van der Waals surface area contributed by atoms with Gasteiger partial charge in [0.25, 0.3) is 0 Å². The van der Waals surface area contributed by atoms with E-state index in [4.69, 9.17) is 0 Å². The van der Waals surface area contributed by atoms with Crippen molar-refractivity contribution in [2.45, 2.75) is 20.8 Å². The number of allylic oxidation sites excluding steroid dienone is 2. The molecule has 1 nitrogen and oxygen atoms in total. The summed E-state index contributed by atoms with van der Waals surface area (Å²) in [4.78, 5) is 0. The lowest BCUT2D eigenvalue weighted by Crippen LogP contribution is -2.19. The Morgan fingerprint density at radius 3 is 2.10 bits per heavy atom. The Morgan fingerprint density at radius 1 is 1.60 bits per heavy atom. The molecule has 0 aromatic rings. The van der Waals surface area contributed by atoms with Gasteiger partial charge in [0, 0.05) is 5.92 Å². The standard InChI is InChI=1S/C9H15O/c1-6-9(4,5)7(2)8(3)10/h6-7H,1,3H2,2,4-5H3. The highest BCUT2D eigenvalue weighted by atomic mass is 16.3. The molecule has 0 saturated carbocycles. The van der Waals surface area contributed by atoms with E-state index in [9.17, 15) is 5.11 Å². The van der Waals surface area contributed by atoms with E-state index in [1.807, 2.05) is 20.8 Å². The van der Waals surface area contributed by atoms with Crippen LogP contribution in [0.1, 0.15) is 20.8 Å². The SMILES string of the molecule is C=CC(C)(C)C(C)C(=C)[O]. The van der Waals surface area contributed by atoms with E-state index in [0.29, 0.717) is 0 Å². The molecular formula is C9H15O. The van der Waals surface area contributed by atoms with Crippen LogP contribution in [-0.4, -0.2) is 0 Å². The van der Waals surface area contributed by atoms with Crippen molar-refractivity contribution in [2.75, 3.05) is 0 Å². The third-order valence-corrected chi connectivity index (χ3v) is 2.13. The van der Waals surface area contributed by atoms with Crippen molar-refractivity contribution in [1.82, 2.24) is 0 Å². The Balaban J connectivity index is 4.31. The predicted octanol–water partition coefficient (Wildman–Crippen LogP) is 2.78. The number of hydrogen-bond donors (Lipinski definition) is 0. The van der Waals surface area contributed by atoms with Crippen LogP contribution in [0.4, 0.5) is 0 Å². The van der Waals surface area contributed by atoms with Gasteiger partial charge in [0.15, 0.2) is 5.76 Å². The van der Waals surface area contributed by atoms with Crippen LogP contribution in [0.25, 0.3) is 0 Å². The first-order valence-electron chi connectivity index (χ1n) is 3.41. The summed E-state index contributed by atoms with van der Waals surface area (Å²) in [7, 11) is 0. The second-order valence-corrected chi connectivity index (χ2v) is 3.21. The molecule has 0 aliphatic heterocycles. The molecule has 0 spiro atoms. The normalized spacial score (nSPS) is 14.3. The largest absolute Gasteiger partial charge is 0.295 e. The van der Waals surface area contributed by atoms with E-state index in [1.54, 1.807) is 6.08 Å². The fourth-order valence-corrected chi connectivity index (χ4v) is 0.592. The van der Waals surface area contributed by atoms with Gasteiger partial charge in [0.1, 0.15) is 0 Å². The van der Waals surface area contributed by atoms with Crippen molar-refractivity contribution >= 4 is 0 Å². The lowest BCUT2D eigenvalue weighted by atomic mass is 9.79. The van der Waals surface area contributed by atoms with Gasteiger partial charge >= 0.3 is 0 Å². The molecule has 57 valence electrons. The minimum absolute atomic E-state index is 0.0232. The molecule has 0 heterocycles. The molecule has 1 atom stereocenters. The molecule has 0 bridgehead atoms. The second kappa shape index (κ2) is 2.91. The van der Waals surface area contributed by atoms with Crippen LogP contribution >= 0.6 is 0 Å². The van der Waals surface area contributed by atoms with E-state index >= 15 is 0 Å². The zero-order chi connectivity index (χ0) is 8.36. The molecule has 0 aromatic heterocycles. The summed E-state index contributed by atoms with van der Waals surface area (Å²) in [5.41, 5.74) is -0.126. The van der Waals surface area contributed by atoms with Crippen LogP contribution in [0.2, 0.25) is 0 Å². The third-order valence-electron chi connectivity index (χ3n) is 2.13. The van der Waals surface area contributed by atoms with Crippen molar-refractivity contribution in [3.8, 4) is 0 Å². The van der Waals surface area contributed by atoms with Crippen molar-refractivity contribution in [3.05, 3.63) is 25.0 Å². The molecular weight excluding hydrogens is 124 g/mol. The van der Waals surface area contributed by atoms with Gasteiger partial charge in [0.2, 0.25) is 0 Å². The Morgan fingerprint density at radius 2 is 2.00 bits per heavy atom. The molecule has 1 heteroatoms. The van der Waals surface area contributed by atoms with Gasteiger partial charge in [-0.25, -0.2) is 0 Å². The van der Waals surface area contributed by atoms with Gasteiger partial charge in [-0.2, -0.15) is 0 Å². The van der Waals surface area contributed by atoms with E-state index < -0.39 is 0 Å². The maximum absolute atomic E-state index is 10.8. The molecule has 10 heavy (non-hydrogen) atoms. The minimum atomic E-state index is -0.126. The molecule has 0 aliphatic rings. The molecule has 0 amide bonds. The molecule has 1 radical (unpaired) electrons. The average molecular weight is 139 g/mol. The third kappa shape index (κ3) is 1.90. The quantitative estimate of drug-likeness (QED) is 0.423. The zero-order valence-electron chi connectivity index (χ0n) is 6.98. The molecule has 0 N–H and O–H groups in total. The minimum Gasteiger partial charge on any atom is -0.295 e. The van der Waals surface area contributed by atoms with Crippen LogP contribution in [-0.2, 0) is 5.11 Å². The summed E-state index contributed by atoms with van der Waals surface area (Å²) in [6.45, 7) is 12.9. The molecule has 0 aromatic carbocycles. The second-order valence-electron chi connectivity index (χ2n) is 3.21. The molecule has 1 unspecified atom stereocenters. The lowest BCUT2D eigenvalue weighted by molar-refractivity contribution is 0.192. The number of hydrogen-bond acceptors (Lipinski definition) is 0. The average Bonchev–Trinajstić information content (AvgIpc) is 1.86. The Hall–Kier alpha value is -0.720. The van der Waals surface area contributed by atoms with Gasteiger partial charge in [-0.3, -0.25) is 5.11 Å². The summed E-state index contributed by atoms with van der Waals surface area (Å²) >= 11 is 0. The van der Waals surface area contributed by atoms with Crippen molar-refractivity contribution in [2.24, 2.45) is 11.3 Å². The summed E-state index contributed by atoms with van der Waals surface area (Å²) < 4.78 is 0. The van der Waals surface area contributed by atoms with Gasteiger partial charge < -0.3 is 0 Å². The number of rotatable bonds is 3. The first kappa shape index (κ1) is 9.28. The summed E-state index contributed by atoms with van der Waals surface area (Å²) in [5.74, 6) is -0.0603. The van der Waals surface area contributed by atoms with E-state index in [0.717, 1.165) is 0 Å². The van der Waals surface area contributed by atoms with Gasteiger partial charge in [-0.05, 0) is 5.41 Å². The summed E-state index contributed by atoms with van der Waals surface area (Å²) in [6.07, 6.45) is 1.79. The molecule has 0 aliphatic carbocycles. The van der Waals surface area contributed by atoms with Crippen LogP contribution in [0.15, 0.2) is 25.0 Å².